The van der Waals surface area contributed by atoms with Crippen LogP contribution in [-0.4, -0.2) is 41.6 Å². The Kier molecular flexibility index (Phi) is 5.12. The van der Waals surface area contributed by atoms with Crippen LogP contribution in [0.3, 0.4) is 0 Å². The number of carbonyl (C=O) groups is 2. The van der Waals surface area contributed by atoms with E-state index < -0.39 is 5.97 Å². The van der Waals surface area contributed by atoms with Crippen LogP contribution < -0.4 is 5.32 Å². The molecule has 0 radical (unpaired) electrons. The zero-order chi connectivity index (χ0) is 15.5. The fraction of sp³-hybridized carbons (Fsp3) is 0.875. The molecule has 2 atom stereocenters. The second-order valence-electron chi connectivity index (χ2n) is 6.97. The molecule has 5 heteroatoms. The van der Waals surface area contributed by atoms with E-state index in [4.69, 9.17) is 5.11 Å². The van der Waals surface area contributed by atoms with Gasteiger partial charge in [-0.1, -0.05) is 26.7 Å². The van der Waals surface area contributed by atoms with Gasteiger partial charge in [0.05, 0.1) is 5.92 Å². The number of rotatable bonds is 4. The van der Waals surface area contributed by atoms with Gasteiger partial charge in [-0.05, 0) is 37.0 Å². The Labute approximate surface area is 127 Å². The number of piperidine rings is 1. The number of nitrogens with zero attached hydrogens (tertiary/aromatic N) is 1. The topological polar surface area (TPSA) is 69.6 Å². The number of hydrogen-bond acceptors (Lipinski definition) is 2. The minimum atomic E-state index is -0.719. The number of urea groups is 1. The van der Waals surface area contributed by atoms with Gasteiger partial charge in [0.15, 0.2) is 0 Å². The van der Waals surface area contributed by atoms with E-state index in [9.17, 15) is 9.59 Å². The van der Waals surface area contributed by atoms with Gasteiger partial charge in [0, 0.05) is 19.6 Å². The Bertz CT molecular complexity index is 389. The number of hydrogen-bond donors (Lipinski definition) is 2. The molecule has 2 N–H and O–H groups in total. The molecule has 0 aromatic carbocycles. The number of aliphatic carboxylic acids is 1. The van der Waals surface area contributed by atoms with E-state index in [1.54, 1.807) is 0 Å². The van der Waals surface area contributed by atoms with Crippen molar-refractivity contribution >= 4 is 12.0 Å². The highest BCUT2D eigenvalue weighted by molar-refractivity contribution is 5.74. The second-order valence-corrected chi connectivity index (χ2v) is 6.97. The van der Waals surface area contributed by atoms with Gasteiger partial charge in [-0.15, -0.1) is 0 Å². The molecule has 1 saturated carbocycles. The van der Waals surface area contributed by atoms with Crippen LogP contribution in [-0.2, 0) is 4.79 Å². The molecule has 1 heterocycles. The smallest absolute Gasteiger partial charge is 0.317 e. The monoisotopic (exact) mass is 296 g/mol. The first-order valence-electron chi connectivity index (χ1n) is 8.21. The number of carboxylic acids is 1. The molecule has 2 amide bonds. The van der Waals surface area contributed by atoms with E-state index in [1.807, 2.05) is 4.90 Å². The lowest BCUT2D eigenvalue weighted by molar-refractivity contribution is -0.142. The Morgan fingerprint density at radius 3 is 2.52 bits per heavy atom. The molecule has 2 unspecified atom stereocenters. The van der Waals surface area contributed by atoms with Crippen molar-refractivity contribution in [2.24, 2.45) is 17.3 Å². The molecule has 2 rings (SSSR count). The minimum absolute atomic E-state index is 0.0239. The van der Waals surface area contributed by atoms with Crippen molar-refractivity contribution in [2.75, 3.05) is 19.6 Å². The Morgan fingerprint density at radius 1 is 1.29 bits per heavy atom. The molecule has 1 saturated heterocycles. The van der Waals surface area contributed by atoms with Crippen molar-refractivity contribution in [1.82, 2.24) is 10.2 Å². The Balaban J connectivity index is 1.77. The average Bonchev–Trinajstić information content (AvgIpc) is 2.94. The SMILES string of the molecule is CCC1(C)CCN(C(=O)NCC2CCCC2C(=O)O)CC1. The molecule has 0 spiro atoms. The lowest BCUT2D eigenvalue weighted by Gasteiger charge is -2.39. The largest absolute Gasteiger partial charge is 0.481 e. The highest BCUT2D eigenvalue weighted by Gasteiger charge is 2.34. The summed E-state index contributed by atoms with van der Waals surface area (Å²) in [5.74, 6) is -0.907. The van der Waals surface area contributed by atoms with Crippen LogP contribution in [0.4, 0.5) is 4.79 Å². The third-order valence-corrected chi connectivity index (χ3v) is 5.60. The maximum absolute atomic E-state index is 12.2. The van der Waals surface area contributed by atoms with Crippen molar-refractivity contribution in [1.29, 1.82) is 0 Å². The van der Waals surface area contributed by atoms with E-state index in [-0.39, 0.29) is 17.9 Å². The normalized spacial score (nSPS) is 28.4. The van der Waals surface area contributed by atoms with Gasteiger partial charge in [0.2, 0.25) is 0 Å². The van der Waals surface area contributed by atoms with Gasteiger partial charge >= 0.3 is 12.0 Å². The van der Waals surface area contributed by atoms with Crippen LogP contribution in [0.1, 0.15) is 52.4 Å². The zero-order valence-electron chi connectivity index (χ0n) is 13.2. The second kappa shape index (κ2) is 6.67. The van der Waals surface area contributed by atoms with Crippen LogP contribution in [0.25, 0.3) is 0 Å². The van der Waals surface area contributed by atoms with Gasteiger partial charge in [-0.2, -0.15) is 0 Å². The summed E-state index contributed by atoms with van der Waals surface area (Å²) < 4.78 is 0. The standard InChI is InChI=1S/C16H28N2O3/c1-3-16(2)7-9-18(10-8-16)15(21)17-11-12-5-4-6-13(12)14(19)20/h12-13H,3-11H2,1-2H3,(H,17,21)(H,19,20). The van der Waals surface area contributed by atoms with Crippen molar-refractivity contribution in [3.63, 3.8) is 0 Å². The van der Waals surface area contributed by atoms with E-state index in [0.29, 0.717) is 12.0 Å². The summed E-state index contributed by atoms with van der Waals surface area (Å²) in [5.41, 5.74) is 0.372. The molecule has 5 nitrogen and oxygen atoms in total. The number of carboxylic acid groups (broad SMARTS) is 1. The highest BCUT2D eigenvalue weighted by atomic mass is 16.4. The van der Waals surface area contributed by atoms with Crippen LogP contribution in [0.5, 0.6) is 0 Å². The lowest BCUT2D eigenvalue weighted by atomic mass is 9.78. The van der Waals surface area contributed by atoms with Crippen LogP contribution in [0, 0.1) is 17.3 Å². The van der Waals surface area contributed by atoms with Crippen LogP contribution in [0.2, 0.25) is 0 Å². The van der Waals surface area contributed by atoms with Crippen LogP contribution >= 0.6 is 0 Å². The highest BCUT2D eigenvalue weighted by Crippen LogP contribution is 2.34. The quantitative estimate of drug-likeness (QED) is 0.838. The first-order valence-corrected chi connectivity index (χ1v) is 8.21. The molecule has 0 bridgehead atoms. The Hall–Kier alpha value is -1.26. The predicted molar refractivity (Wildman–Crippen MR) is 81.1 cm³/mol. The molecule has 1 aliphatic carbocycles. The summed E-state index contributed by atoms with van der Waals surface area (Å²) in [7, 11) is 0. The fourth-order valence-electron chi connectivity index (χ4n) is 3.54. The summed E-state index contributed by atoms with van der Waals surface area (Å²) in [4.78, 5) is 25.2. The van der Waals surface area contributed by atoms with Gasteiger partial charge in [-0.3, -0.25) is 4.79 Å². The summed E-state index contributed by atoms with van der Waals surface area (Å²) in [5, 5.41) is 12.1. The number of likely N-dealkylation sites (tertiary alicyclic amines) is 1. The number of amides is 2. The molecular weight excluding hydrogens is 268 g/mol. The van der Waals surface area contributed by atoms with E-state index in [1.165, 1.54) is 0 Å². The first kappa shape index (κ1) is 16.1. The third-order valence-electron chi connectivity index (χ3n) is 5.60. The van der Waals surface area contributed by atoms with E-state index in [0.717, 1.165) is 51.6 Å². The molecule has 1 aliphatic heterocycles. The first-order chi connectivity index (χ1) is 9.95. The van der Waals surface area contributed by atoms with Crippen molar-refractivity contribution < 1.29 is 14.7 Å². The summed E-state index contributed by atoms with van der Waals surface area (Å²) in [6.07, 6.45) is 5.87. The maximum atomic E-state index is 12.2. The maximum Gasteiger partial charge on any atom is 0.317 e. The average molecular weight is 296 g/mol. The van der Waals surface area contributed by atoms with Crippen LogP contribution in [0.15, 0.2) is 0 Å². The summed E-state index contributed by atoms with van der Waals surface area (Å²) in [6.45, 7) is 6.61. The van der Waals surface area contributed by atoms with Gasteiger partial charge in [0.25, 0.3) is 0 Å². The summed E-state index contributed by atoms with van der Waals surface area (Å²) in [6, 6.07) is -0.0239. The molecule has 0 aromatic rings. The third kappa shape index (κ3) is 3.89. The number of nitrogens with one attached hydrogen (secondary N) is 1. The van der Waals surface area contributed by atoms with E-state index in [2.05, 4.69) is 19.2 Å². The predicted octanol–water partition coefficient (Wildman–Crippen LogP) is 2.71. The Morgan fingerprint density at radius 2 is 1.95 bits per heavy atom. The van der Waals surface area contributed by atoms with E-state index >= 15 is 0 Å². The molecule has 21 heavy (non-hydrogen) atoms. The zero-order valence-corrected chi connectivity index (χ0v) is 13.2. The van der Waals surface area contributed by atoms with Gasteiger partial charge in [-0.25, -0.2) is 4.79 Å². The van der Waals surface area contributed by atoms with Gasteiger partial charge < -0.3 is 15.3 Å². The summed E-state index contributed by atoms with van der Waals surface area (Å²) >= 11 is 0. The lowest BCUT2D eigenvalue weighted by Crippen LogP contribution is -2.48. The molecule has 2 fully saturated rings. The minimum Gasteiger partial charge on any atom is -0.481 e. The van der Waals surface area contributed by atoms with Crippen molar-refractivity contribution in [3.05, 3.63) is 0 Å². The fourth-order valence-corrected chi connectivity index (χ4v) is 3.54. The molecule has 0 aromatic heterocycles. The molecule has 2 aliphatic rings. The number of carbonyl (C=O) groups excluding carboxylic acids is 1. The van der Waals surface area contributed by atoms with Crippen molar-refractivity contribution in [2.45, 2.75) is 52.4 Å². The molecular formula is C16H28N2O3. The van der Waals surface area contributed by atoms with Gasteiger partial charge in [0.1, 0.15) is 0 Å². The molecule has 120 valence electrons. The van der Waals surface area contributed by atoms with Crippen molar-refractivity contribution in [3.8, 4) is 0 Å².